The highest BCUT2D eigenvalue weighted by Crippen LogP contribution is 2.29. The Morgan fingerprint density at radius 1 is 1.60 bits per heavy atom. The second-order valence-electron chi connectivity index (χ2n) is 3.59. The Morgan fingerprint density at radius 2 is 2.30 bits per heavy atom. The first-order chi connectivity index (χ1) is 4.74. The normalized spacial score (nSPS) is 33.7. The van der Waals surface area contributed by atoms with Crippen molar-refractivity contribution >= 4 is 0 Å². The molecule has 0 aliphatic heterocycles. The summed E-state index contributed by atoms with van der Waals surface area (Å²) in [4.78, 5) is 0. The largest absolute Gasteiger partial charge is 0.0851 e. The molecule has 0 aromatic heterocycles. The summed E-state index contributed by atoms with van der Waals surface area (Å²) in [5.41, 5.74) is 1.60. The molecule has 1 rings (SSSR count). The third-order valence-corrected chi connectivity index (χ3v) is 2.81. The van der Waals surface area contributed by atoms with Crippen LogP contribution in [0.1, 0.15) is 40.0 Å². The van der Waals surface area contributed by atoms with Crippen molar-refractivity contribution < 1.29 is 0 Å². The zero-order valence-electron chi connectivity index (χ0n) is 7.35. The smallest absolute Gasteiger partial charge is 0.0232 e. The zero-order chi connectivity index (χ0) is 7.56. The van der Waals surface area contributed by atoms with Crippen molar-refractivity contribution in [3.05, 3.63) is 11.6 Å². The summed E-state index contributed by atoms with van der Waals surface area (Å²) in [6.45, 7) is 6.90. The molecule has 1 aliphatic carbocycles. The van der Waals surface area contributed by atoms with Gasteiger partial charge in [-0.1, -0.05) is 31.9 Å². The van der Waals surface area contributed by atoms with Crippen LogP contribution in [0.25, 0.3) is 0 Å². The van der Waals surface area contributed by atoms with Crippen LogP contribution in [0.5, 0.6) is 0 Å². The lowest BCUT2D eigenvalue weighted by Crippen LogP contribution is -2.11. The van der Waals surface area contributed by atoms with Gasteiger partial charge in [-0.05, 0) is 31.6 Å². The Balaban J connectivity index is 2.51. The van der Waals surface area contributed by atoms with Gasteiger partial charge in [-0.3, -0.25) is 0 Å². The van der Waals surface area contributed by atoms with Gasteiger partial charge in [-0.25, -0.2) is 0 Å². The van der Waals surface area contributed by atoms with Crippen LogP contribution in [0.3, 0.4) is 0 Å². The lowest BCUT2D eigenvalue weighted by Gasteiger charge is -2.24. The van der Waals surface area contributed by atoms with Crippen molar-refractivity contribution in [2.75, 3.05) is 0 Å². The first-order valence-corrected chi connectivity index (χ1v) is 4.40. The topological polar surface area (TPSA) is 0 Å². The van der Waals surface area contributed by atoms with E-state index in [4.69, 9.17) is 0 Å². The standard InChI is InChI=1S/C10H18/c1-4-10-6-5-8(2)9(3)7-10/h5,9-10H,4,6-7H2,1-3H3. The van der Waals surface area contributed by atoms with E-state index in [1.54, 1.807) is 5.57 Å². The molecule has 0 saturated carbocycles. The van der Waals surface area contributed by atoms with Crippen LogP contribution < -0.4 is 0 Å². The fourth-order valence-corrected chi connectivity index (χ4v) is 1.67. The molecule has 0 N–H and O–H groups in total. The van der Waals surface area contributed by atoms with Crippen LogP contribution >= 0.6 is 0 Å². The van der Waals surface area contributed by atoms with E-state index in [1.807, 2.05) is 0 Å². The maximum atomic E-state index is 2.42. The van der Waals surface area contributed by atoms with E-state index >= 15 is 0 Å². The van der Waals surface area contributed by atoms with Crippen LogP contribution in [0.4, 0.5) is 0 Å². The van der Waals surface area contributed by atoms with Crippen molar-refractivity contribution in [3.63, 3.8) is 0 Å². The summed E-state index contributed by atoms with van der Waals surface area (Å²) in [7, 11) is 0. The summed E-state index contributed by atoms with van der Waals surface area (Å²) in [6.07, 6.45) is 6.52. The van der Waals surface area contributed by atoms with E-state index in [0.29, 0.717) is 0 Å². The Morgan fingerprint density at radius 3 is 2.80 bits per heavy atom. The van der Waals surface area contributed by atoms with Gasteiger partial charge in [0.25, 0.3) is 0 Å². The summed E-state index contributed by atoms with van der Waals surface area (Å²) >= 11 is 0. The molecule has 2 atom stereocenters. The van der Waals surface area contributed by atoms with Gasteiger partial charge >= 0.3 is 0 Å². The van der Waals surface area contributed by atoms with E-state index in [1.165, 1.54) is 19.3 Å². The minimum absolute atomic E-state index is 0.846. The van der Waals surface area contributed by atoms with Crippen molar-refractivity contribution in [2.24, 2.45) is 11.8 Å². The Bertz CT molecular complexity index is 133. The molecule has 0 nitrogen and oxygen atoms in total. The average Bonchev–Trinajstić information content (AvgIpc) is 1.95. The molecular weight excluding hydrogens is 120 g/mol. The molecule has 0 radical (unpaired) electrons. The summed E-state index contributed by atoms with van der Waals surface area (Å²) in [5, 5.41) is 0. The van der Waals surface area contributed by atoms with Crippen molar-refractivity contribution in [1.29, 1.82) is 0 Å². The molecule has 0 aromatic rings. The Kier molecular flexibility index (Phi) is 2.53. The van der Waals surface area contributed by atoms with Gasteiger partial charge in [0, 0.05) is 0 Å². The van der Waals surface area contributed by atoms with E-state index in [9.17, 15) is 0 Å². The maximum absolute atomic E-state index is 2.42. The minimum atomic E-state index is 0.846. The number of allylic oxidation sites excluding steroid dienone is 2. The molecule has 0 heteroatoms. The van der Waals surface area contributed by atoms with Crippen LogP contribution in [0.15, 0.2) is 11.6 Å². The Hall–Kier alpha value is -0.260. The van der Waals surface area contributed by atoms with E-state index in [0.717, 1.165) is 11.8 Å². The highest BCUT2D eigenvalue weighted by Gasteiger charge is 2.16. The third kappa shape index (κ3) is 1.62. The number of hydrogen-bond donors (Lipinski definition) is 0. The molecule has 0 heterocycles. The second kappa shape index (κ2) is 3.23. The first kappa shape index (κ1) is 7.84. The number of rotatable bonds is 1. The van der Waals surface area contributed by atoms with E-state index in [-0.39, 0.29) is 0 Å². The van der Waals surface area contributed by atoms with E-state index < -0.39 is 0 Å². The van der Waals surface area contributed by atoms with Gasteiger partial charge in [0.1, 0.15) is 0 Å². The Labute approximate surface area is 64.3 Å². The van der Waals surface area contributed by atoms with Gasteiger partial charge < -0.3 is 0 Å². The lowest BCUT2D eigenvalue weighted by molar-refractivity contribution is 0.390. The predicted octanol–water partition coefficient (Wildman–Crippen LogP) is 3.39. The zero-order valence-corrected chi connectivity index (χ0v) is 7.35. The van der Waals surface area contributed by atoms with Gasteiger partial charge in [0.15, 0.2) is 0 Å². The maximum Gasteiger partial charge on any atom is -0.0232 e. The molecule has 0 amide bonds. The average molecular weight is 138 g/mol. The molecule has 0 saturated heterocycles. The highest BCUT2D eigenvalue weighted by molar-refractivity contribution is 5.06. The molecular formula is C10H18. The summed E-state index contributed by atoms with van der Waals surface area (Å²) < 4.78 is 0. The highest BCUT2D eigenvalue weighted by atomic mass is 14.2. The summed E-state index contributed by atoms with van der Waals surface area (Å²) in [6, 6.07) is 0. The van der Waals surface area contributed by atoms with Gasteiger partial charge in [-0.15, -0.1) is 0 Å². The third-order valence-electron chi connectivity index (χ3n) is 2.81. The SMILES string of the molecule is CCC1CC=C(C)C(C)C1. The fourth-order valence-electron chi connectivity index (χ4n) is 1.67. The molecule has 1 aliphatic rings. The molecule has 2 unspecified atom stereocenters. The van der Waals surface area contributed by atoms with Crippen LogP contribution in [-0.2, 0) is 0 Å². The molecule has 58 valence electrons. The molecule has 10 heavy (non-hydrogen) atoms. The molecule has 0 aromatic carbocycles. The minimum Gasteiger partial charge on any atom is -0.0851 e. The predicted molar refractivity (Wildman–Crippen MR) is 45.9 cm³/mol. The van der Waals surface area contributed by atoms with E-state index in [2.05, 4.69) is 26.8 Å². The van der Waals surface area contributed by atoms with Crippen LogP contribution in [-0.4, -0.2) is 0 Å². The number of hydrogen-bond acceptors (Lipinski definition) is 0. The van der Waals surface area contributed by atoms with Gasteiger partial charge in [-0.2, -0.15) is 0 Å². The monoisotopic (exact) mass is 138 g/mol. The van der Waals surface area contributed by atoms with Crippen molar-refractivity contribution in [2.45, 2.75) is 40.0 Å². The second-order valence-corrected chi connectivity index (χ2v) is 3.59. The summed E-state index contributed by atoms with van der Waals surface area (Å²) in [5.74, 6) is 1.82. The van der Waals surface area contributed by atoms with Gasteiger partial charge in [0.05, 0.1) is 0 Å². The quantitative estimate of drug-likeness (QED) is 0.487. The van der Waals surface area contributed by atoms with Crippen molar-refractivity contribution in [1.82, 2.24) is 0 Å². The fraction of sp³-hybridized carbons (Fsp3) is 0.800. The lowest BCUT2D eigenvalue weighted by atomic mass is 9.82. The first-order valence-electron chi connectivity index (χ1n) is 4.40. The van der Waals surface area contributed by atoms with Gasteiger partial charge in [0.2, 0.25) is 0 Å². The van der Waals surface area contributed by atoms with Crippen LogP contribution in [0.2, 0.25) is 0 Å². The molecule has 0 bridgehead atoms. The molecule has 0 fully saturated rings. The van der Waals surface area contributed by atoms with Crippen molar-refractivity contribution in [3.8, 4) is 0 Å². The molecule has 0 spiro atoms. The van der Waals surface area contributed by atoms with Crippen LogP contribution in [0, 0.1) is 11.8 Å².